The standard InChI is InChI=1S/C11H16N2O2/c1-14-9-4-2-5-10(8-9)15-7-3-6-11(12)13/h2,4-5,8H,3,6-7H2,1H3,(H3,12,13). The molecule has 0 amide bonds. The molecule has 4 heteroatoms. The molecule has 1 aromatic carbocycles. The molecule has 0 aromatic heterocycles. The molecule has 82 valence electrons. The number of amidine groups is 1. The van der Waals surface area contributed by atoms with Crippen LogP contribution in [-0.2, 0) is 0 Å². The van der Waals surface area contributed by atoms with E-state index in [4.69, 9.17) is 20.6 Å². The largest absolute Gasteiger partial charge is 0.497 e. The normalized spacial score (nSPS) is 9.67. The Morgan fingerprint density at radius 1 is 1.40 bits per heavy atom. The third kappa shape index (κ3) is 4.35. The average Bonchev–Trinajstić information content (AvgIpc) is 2.24. The van der Waals surface area contributed by atoms with E-state index in [0.29, 0.717) is 13.0 Å². The summed E-state index contributed by atoms with van der Waals surface area (Å²) in [6.45, 7) is 0.562. The predicted octanol–water partition coefficient (Wildman–Crippen LogP) is 1.79. The van der Waals surface area contributed by atoms with Crippen LogP contribution in [0.15, 0.2) is 24.3 Å². The summed E-state index contributed by atoms with van der Waals surface area (Å²) < 4.78 is 10.5. The molecule has 15 heavy (non-hydrogen) atoms. The molecule has 3 N–H and O–H groups in total. The van der Waals surface area contributed by atoms with Crippen LogP contribution in [-0.4, -0.2) is 19.6 Å². The Morgan fingerprint density at radius 2 is 2.13 bits per heavy atom. The molecular formula is C11H16N2O2. The quantitative estimate of drug-likeness (QED) is 0.425. The van der Waals surface area contributed by atoms with Gasteiger partial charge in [0.1, 0.15) is 11.5 Å². The predicted molar refractivity (Wildman–Crippen MR) is 59.6 cm³/mol. The van der Waals surface area contributed by atoms with Gasteiger partial charge in [0, 0.05) is 12.5 Å². The van der Waals surface area contributed by atoms with Gasteiger partial charge in [0.15, 0.2) is 0 Å². The average molecular weight is 208 g/mol. The van der Waals surface area contributed by atoms with Crippen molar-refractivity contribution in [3.8, 4) is 11.5 Å². The summed E-state index contributed by atoms with van der Waals surface area (Å²) in [4.78, 5) is 0. The number of benzene rings is 1. The van der Waals surface area contributed by atoms with E-state index in [1.54, 1.807) is 7.11 Å². The van der Waals surface area contributed by atoms with Crippen LogP contribution in [0.25, 0.3) is 0 Å². The Hall–Kier alpha value is -1.71. The van der Waals surface area contributed by atoms with Gasteiger partial charge >= 0.3 is 0 Å². The molecular weight excluding hydrogens is 192 g/mol. The molecule has 4 nitrogen and oxygen atoms in total. The maximum absolute atomic E-state index is 7.04. The molecule has 0 aliphatic rings. The maximum atomic E-state index is 7.04. The molecule has 0 unspecified atom stereocenters. The van der Waals surface area contributed by atoms with Gasteiger partial charge in [-0.25, -0.2) is 0 Å². The maximum Gasteiger partial charge on any atom is 0.122 e. The Bertz CT molecular complexity index is 326. The zero-order valence-corrected chi connectivity index (χ0v) is 8.82. The summed E-state index contributed by atoms with van der Waals surface area (Å²) >= 11 is 0. The van der Waals surface area contributed by atoms with Crippen LogP contribution >= 0.6 is 0 Å². The lowest BCUT2D eigenvalue weighted by atomic mass is 10.3. The van der Waals surface area contributed by atoms with Gasteiger partial charge in [0.05, 0.1) is 19.6 Å². The van der Waals surface area contributed by atoms with E-state index >= 15 is 0 Å². The highest BCUT2D eigenvalue weighted by atomic mass is 16.5. The van der Waals surface area contributed by atoms with Gasteiger partial charge in [0.2, 0.25) is 0 Å². The lowest BCUT2D eigenvalue weighted by Crippen LogP contribution is -2.10. The van der Waals surface area contributed by atoms with Gasteiger partial charge in [-0.3, -0.25) is 5.41 Å². The Labute approximate surface area is 89.5 Å². The number of methoxy groups -OCH3 is 1. The monoisotopic (exact) mass is 208 g/mol. The topological polar surface area (TPSA) is 68.3 Å². The van der Waals surface area contributed by atoms with E-state index in [0.717, 1.165) is 17.9 Å². The van der Waals surface area contributed by atoms with Crippen molar-refractivity contribution in [2.75, 3.05) is 13.7 Å². The summed E-state index contributed by atoms with van der Waals surface area (Å²) in [7, 11) is 1.62. The summed E-state index contributed by atoms with van der Waals surface area (Å²) in [6, 6.07) is 7.44. The molecule has 0 saturated heterocycles. The summed E-state index contributed by atoms with van der Waals surface area (Å²) in [5, 5.41) is 7.04. The van der Waals surface area contributed by atoms with Gasteiger partial charge in [-0.2, -0.15) is 0 Å². The van der Waals surface area contributed by atoms with Gasteiger partial charge in [-0.1, -0.05) is 6.07 Å². The van der Waals surface area contributed by atoms with Crippen LogP contribution in [0.1, 0.15) is 12.8 Å². The highest BCUT2D eigenvalue weighted by Gasteiger charge is 1.96. The fourth-order valence-electron chi connectivity index (χ4n) is 1.14. The van der Waals surface area contributed by atoms with Crippen LogP contribution in [0, 0.1) is 5.41 Å². The zero-order valence-electron chi connectivity index (χ0n) is 8.82. The van der Waals surface area contributed by atoms with E-state index in [2.05, 4.69) is 0 Å². The third-order valence-corrected chi connectivity index (χ3v) is 1.90. The van der Waals surface area contributed by atoms with E-state index in [1.165, 1.54) is 0 Å². The minimum Gasteiger partial charge on any atom is -0.497 e. The second kappa shape index (κ2) is 5.90. The second-order valence-electron chi connectivity index (χ2n) is 3.16. The van der Waals surface area contributed by atoms with Crippen molar-refractivity contribution in [1.82, 2.24) is 0 Å². The first-order chi connectivity index (χ1) is 7.22. The lowest BCUT2D eigenvalue weighted by Gasteiger charge is -2.07. The SMILES string of the molecule is COc1cccc(OCCCC(=N)N)c1. The molecule has 0 fully saturated rings. The highest BCUT2D eigenvalue weighted by Crippen LogP contribution is 2.18. The van der Waals surface area contributed by atoms with Crippen molar-refractivity contribution in [2.24, 2.45) is 5.73 Å². The van der Waals surface area contributed by atoms with E-state index < -0.39 is 0 Å². The Balaban J connectivity index is 2.33. The van der Waals surface area contributed by atoms with Crippen LogP contribution in [0.4, 0.5) is 0 Å². The first-order valence-corrected chi connectivity index (χ1v) is 4.82. The van der Waals surface area contributed by atoms with Crippen molar-refractivity contribution in [1.29, 1.82) is 5.41 Å². The molecule has 1 rings (SSSR count). The first-order valence-electron chi connectivity index (χ1n) is 4.82. The number of hydrogen-bond donors (Lipinski definition) is 2. The summed E-state index contributed by atoms with van der Waals surface area (Å²) in [6.07, 6.45) is 1.33. The van der Waals surface area contributed by atoms with Crippen LogP contribution < -0.4 is 15.2 Å². The minimum atomic E-state index is 0.198. The van der Waals surface area contributed by atoms with Crippen molar-refractivity contribution in [2.45, 2.75) is 12.8 Å². The van der Waals surface area contributed by atoms with E-state index in [-0.39, 0.29) is 5.84 Å². The van der Waals surface area contributed by atoms with Crippen molar-refractivity contribution < 1.29 is 9.47 Å². The second-order valence-corrected chi connectivity index (χ2v) is 3.16. The fourth-order valence-corrected chi connectivity index (χ4v) is 1.14. The van der Waals surface area contributed by atoms with Crippen LogP contribution in [0.2, 0.25) is 0 Å². The van der Waals surface area contributed by atoms with Crippen molar-refractivity contribution in [3.05, 3.63) is 24.3 Å². The van der Waals surface area contributed by atoms with Crippen molar-refractivity contribution in [3.63, 3.8) is 0 Å². The number of ether oxygens (including phenoxy) is 2. The number of nitrogens with two attached hydrogens (primary N) is 1. The van der Waals surface area contributed by atoms with E-state index in [9.17, 15) is 0 Å². The number of rotatable bonds is 6. The molecule has 0 aliphatic heterocycles. The van der Waals surface area contributed by atoms with Gasteiger partial charge < -0.3 is 15.2 Å². The fraction of sp³-hybridized carbons (Fsp3) is 0.364. The first kappa shape index (κ1) is 11.4. The van der Waals surface area contributed by atoms with Crippen LogP contribution in [0.3, 0.4) is 0 Å². The zero-order chi connectivity index (χ0) is 11.1. The molecule has 0 bridgehead atoms. The van der Waals surface area contributed by atoms with Crippen molar-refractivity contribution >= 4 is 5.84 Å². The molecule has 0 aliphatic carbocycles. The van der Waals surface area contributed by atoms with E-state index in [1.807, 2.05) is 24.3 Å². The molecule has 0 spiro atoms. The smallest absolute Gasteiger partial charge is 0.122 e. The Morgan fingerprint density at radius 3 is 2.80 bits per heavy atom. The molecule has 0 atom stereocenters. The Kier molecular flexibility index (Phi) is 4.47. The summed E-state index contributed by atoms with van der Waals surface area (Å²) in [5.41, 5.74) is 5.23. The van der Waals surface area contributed by atoms with Gasteiger partial charge in [-0.05, 0) is 18.6 Å². The van der Waals surface area contributed by atoms with Gasteiger partial charge in [-0.15, -0.1) is 0 Å². The molecule has 0 saturated carbocycles. The summed E-state index contributed by atoms with van der Waals surface area (Å²) in [5.74, 6) is 1.75. The number of hydrogen-bond acceptors (Lipinski definition) is 3. The molecule has 0 radical (unpaired) electrons. The van der Waals surface area contributed by atoms with Crippen LogP contribution in [0.5, 0.6) is 11.5 Å². The molecule has 1 aromatic rings. The third-order valence-electron chi connectivity index (χ3n) is 1.90. The van der Waals surface area contributed by atoms with Gasteiger partial charge in [0.25, 0.3) is 0 Å². The highest BCUT2D eigenvalue weighted by molar-refractivity contribution is 5.76. The minimum absolute atomic E-state index is 0.198. The lowest BCUT2D eigenvalue weighted by molar-refractivity contribution is 0.311. The number of nitrogens with one attached hydrogen (secondary N) is 1. The molecule has 0 heterocycles.